The summed E-state index contributed by atoms with van der Waals surface area (Å²) >= 11 is 0. The predicted octanol–water partition coefficient (Wildman–Crippen LogP) is 2.46. The van der Waals surface area contributed by atoms with Crippen LogP contribution in [-0.4, -0.2) is 104 Å². The van der Waals surface area contributed by atoms with Gasteiger partial charge in [-0.1, -0.05) is 87.7 Å². The quantitative estimate of drug-likeness (QED) is 0.119. The van der Waals surface area contributed by atoms with Gasteiger partial charge in [0.05, 0.1) is 6.04 Å². The van der Waals surface area contributed by atoms with E-state index >= 15 is 0 Å². The maximum absolute atomic E-state index is 14.4. The highest BCUT2D eigenvalue weighted by molar-refractivity contribution is 7.87. The van der Waals surface area contributed by atoms with E-state index in [1.807, 2.05) is 62.3 Å². The molecule has 0 bridgehead atoms. The minimum absolute atomic E-state index is 0.0414. The first-order chi connectivity index (χ1) is 23.6. The molecule has 5 N–H and O–H groups in total. The van der Waals surface area contributed by atoms with Crippen molar-refractivity contribution in [3.05, 3.63) is 12.7 Å². The van der Waals surface area contributed by atoms with Gasteiger partial charge in [-0.2, -0.15) is 12.7 Å². The van der Waals surface area contributed by atoms with Crippen molar-refractivity contribution in [2.24, 2.45) is 28.1 Å². The van der Waals surface area contributed by atoms with Gasteiger partial charge in [-0.15, -0.1) is 6.58 Å². The second kappa shape index (κ2) is 16.7. The molecule has 1 unspecified atom stereocenters. The largest absolute Gasteiger partial charge is 0.346 e. The number of amides is 5. The number of carbonyl (C=O) groups excluding carboxylic acids is 5. The Morgan fingerprint density at radius 2 is 1.57 bits per heavy atom. The normalized spacial score (nSPS) is 23.6. The molecule has 15 heteroatoms. The van der Waals surface area contributed by atoms with Crippen molar-refractivity contribution >= 4 is 39.7 Å². The summed E-state index contributed by atoms with van der Waals surface area (Å²) in [4.78, 5) is 69.3. The van der Waals surface area contributed by atoms with Crippen molar-refractivity contribution in [1.29, 1.82) is 0 Å². The number of hydrogen-bond donors (Lipinski definition) is 5. The number of hydrogen-bond acceptors (Lipinski definition) is 7. The predicted molar refractivity (Wildman–Crippen MR) is 196 cm³/mol. The van der Waals surface area contributed by atoms with Gasteiger partial charge in [0.1, 0.15) is 12.1 Å². The third kappa shape index (κ3) is 10.5. The summed E-state index contributed by atoms with van der Waals surface area (Å²) in [5.74, 6) is -2.61. The summed E-state index contributed by atoms with van der Waals surface area (Å²) in [5.41, 5.74) is -1.53. The van der Waals surface area contributed by atoms with Gasteiger partial charge in [0.25, 0.3) is 16.1 Å². The maximum Gasteiger partial charge on any atom is 0.315 e. The zero-order chi connectivity index (χ0) is 38.5. The molecule has 0 aromatic rings. The van der Waals surface area contributed by atoms with Gasteiger partial charge in [0.15, 0.2) is 0 Å². The van der Waals surface area contributed by atoms with Gasteiger partial charge >= 0.3 is 6.03 Å². The van der Waals surface area contributed by atoms with Gasteiger partial charge in [-0.3, -0.25) is 19.2 Å². The van der Waals surface area contributed by atoms with E-state index in [1.54, 1.807) is 0 Å². The number of carbonyl (C=O) groups is 5. The molecule has 0 spiro atoms. The highest BCUT2D eigenvalue weighted by Crippen LogP contribution is 2.65. The van der Waals surface area contributed by atoms with Crippen LogP contribution < -0.4 is 26.0 Å². The number of nitrogens with zero attached hydrogens (tertiary/aromatic N) is 2. The maximum atomic E-state index is 14.4. The van der Waals surface area contributed by atoms with E-state index in [0.29, 0.717) is 26.1 Å². The number of piperidine rings is 2. The molecule has 2 heterocycles. The Labute approximate surface area is 305 Å². The van der Waals surface area contributed by atoms with Gasteiger partial charge in [0.2, 0.25) is 17.6 Å². The Bertz CT molecular complexity index is 1410. The number of unbranched alkanes of at least 4 members (excludes halogenated alkanes) is 1. The average Bonchev–Trinajstić information content (AvgIpc) is 3.35. The fraction of sp³-hybridized carbons (Fsp3) is 0.806. The van der Waals surface area contributed by atoms with Gasteiger partial charge in [0, 0.05) is 38.8 Å². The van der Waals surface area contributed by atoms with E-state index in [-0.39, 0.29) is 36.8 Å². The lowest BCUT2D eigenvalue weighted by Crippen LogP contribution is -2.63. The van der Waals surface area contributed by atoms with Crippen LogP contribution in [0.2, 0.25) is 0 Å². The van der Waals surface area contributed by atoms with Crippen molar-refractivity contribution in [2.45, 2.75) is 125 Å². The summed E-state index contributed by atoms with van der Waals surface area (Å²) < 4.78 is 30.1. The molecule has 3 rings (SSSR count). The van der Waals surface area contributed by atoms with E-state index in [0.717, 1.165) is 25.7 Å². The zero-order valence-corrected chi connectivity index (χ0v) is 33.0. The number of ketones is 1. The molecule has 0 aromatic heterocycles. The Hall–Kier alpha value is -3.04. The third-order valence-electron chi connectivity index (χ3n) is 10.7. The minimum atomic E-state index is -3.73. The zero-order valence-electron chi connectivity index (χ0n) is 32.2. The van der Waals surface area contributed by atoms with Crippen molar-refractivity contribution in [1.82, 2.24) is 35.2 Å². The first-order valence-electron chi connectivity index (χ1n) is 18.4. The molecule has 1 saturated carbocycles. The first kappa shape index (κ1) is 42.4. The highest BCUT2D eigenvalue weighted by Gasteiger charge is 2.70. The lowest BCUT2D eigenvalue weighted by atomic mass is 9.85. The SMILES string of the molecule is C=CCNC(=O)C(=O)C(CCCC)NC(=O)[C@@H]1[C@@H]2[C@H](CN1C(=O)[C@@H](NC(=O)N[C@H](CNS(=O)(=O)N1CCCCC1)C(C)(C)C)C(C)(C)C)C2(C)C. The van der Waals surface area contributed by atoms with Crippen LogP contribution in [0, 0.1) is 28.1 Å². The van der Waals surface area contributed by atoms with Crippen LogP contribution in [0.5, 0.6) is 0 Å². The fourth-order valence-corrected chi connectivity index (χ4v) is 8.56. The second-order valence-electron chi connectivity index (χ2n) is 17.1. The standard InChI is InChI=1S/C36H63N7O7S/c1-11-13-17-24(28(44)31(46)37-18-12-2)39-30(45)27-26-23(36(26,9)10)22-43(27)32(47)29(35(6,7)8)41-33(48)40-25(34(3,4)5)21-38-51(49,50)42-19-15-14-16-20-42/h12,23-27,29,38H,2,11,13-22H2,1,3-10H3,(H,37,46)(H,39,45)(H2,40,41,48)/t23-,24?,25+,26-,27-,29+/m0/s1. The molecule has 0 aromatic carbocycles. The summed E-state index contributed by atoms with van der Waals surface area (Å²) in [6.45, 7) is 22.0. The number of Topliss-reactive ketones (excluding diaryl/α,β-unsaturated/α-hetero) is 1. The lowest BCUT2D eigenvalue weighted by molar-refractivity contribution is -0.145. The monoisotopic (exact) mass is 737 g/mol. The summed E-state index contributed by atoms with van der Waals surface area (Å²) in [7, 11) is -3.73. The average molecular weight is 738 g/mol. The van der Waals surface area contributed by atoms with Crippen LogP contribution in [-0.2, 0) is 29.4 Å². The molecule has 51 heavy (non-hydrogen) atoms. The minimum Gasteiger partial charge on any atom is -0.346 e. The van der Waals surface area contributed by atoms with Crippen LogP contribution in [0.1, 0.15) is 101 Å². The van der Waals surface area contributed by atoms with Crippen molar-refractivity contribution in [3.63, 3.8) is 0 Å². The molecule has 2 saturated heterocycles. The van der Waals surface area contributed by atoms with Gasteiger partial charge in [-0.25, -0.2) is 9.52 Å². The number of fused-ring (bicyclic) bond motifs is 1. The van der Waals surface area contributed by atoms with Gasteiger partial charge in [-0.05, 0) is 47.3 Å². The lowest BCUT2D eigenvalue weighted by Gasteiger charge is -2.39. The molecule has 3 aliphatic rings. The number of urea groups is 1. The molecule has 14 nitrogen and oxygen atoms in total. The first-order valence-corrected chi connectivity index (χ1v) is 19.9. The molecule has 6 atom stereocenters. The van der Waals surface area contributed by atoms with Crippen molar-refractivity contribution in [2.75, 3.05) is 32.7 Å². The van der Waals surface area contributed by atoms with E-state index in [4.69, 9.17) is 0 Å². The van der Waals surface area contributed by atoms with E-state index in [9.17, 15) is 32.4 Å². The molecule has 3 fully saturated rings. The molecule has 0 radical (unpaired) electrons. The van der Waals surface area contributed by atoms with Crippen LogP contribution in [0.3, 0.4) is 0 Å². The van der Waals surface area contributed by atoms with Crippen LogP contribution in [0.15, 0.2) is 12.7 Å². The van der Waals surface area contributed by atoms with Crippen LogP contribution in [0.25, 0.3) is 0 Å². The molecular formula is C36H63N7O7S. The Balaban J connectivity index is 1.79. The van der Waals surface area contributed by atoms with Crippen molar-refractivity contribution in [3.8, 4) is 0 Å². The molecule has 5 amide bonds. The van der Waals surface area contributed by atoms with Crippen LogP contribution >= 0.6 is 0 Å². The van der Waals surface area contributed by atoms with Crippen molar-refractivity contribution < 1.29 is 32.4 Å². The number of nitrogens with one attached hydrogen (secondary N) is 5. The smallest absolute Gasteiger partial charge is 0.315 e. The number of rotatable bonds is 16. The van der Waals surface area contributed by atoms with Gasteiger partial charge < -0.3 is 26.2 Å². The van der Waals surface area contributed by atoms with E-state index < -0.39 is 74.7 Å². The van der Waals surface area contributed by atoms with E-state index in [1.165, 1.54) is 15.3 Å². The summed E-state index contributed by atoms with van der Waals surface area (Å²) in [6, 6.07) is -4.24. The molecular weight excluding hydrogens is 675 g/mol. The fourth-order valence-electron chi connectivity index (χ4n) is 7.26. The summed E-state index contributed by atoms with van der Waals surface area (Å²) in [5, 5.41) is 11.1. The second-order valence-corrected chi connectivity index (χ2v) is 18.9. The Morgan fingerprint density at radius 3 is 2.12 bits per heavy atom. The van der Waals surface area contributed by atoms with Crippen LogP contribution in [0.4, 0.5) is 4.79 Å². The topological polar surface area (TPSA) is 186 Å². The molecule has 1 aliphatic carbocycles. The third-order valence-corrected chi connectivity index (χ3v) is 12.3. The molecule has 290 valence electrons. The Kier molecular flexibility index (Phi) is 13.9. The molecule has 2 aliphatic heterocycles. The number of likely N-dealkylation sites (tertiary alicyclic amines) is 1. The summed E-state index contributed by atoms with van der Waals surface area (Å²) in [6.07, 6.45) is 5.69. The van der Waals surface area contributed by atoms with E-state index in [2.05, 4.69) is 32.6 Å². The highest BCUT2D eigenvalue weighted by atomic mass is 32.2. The Morgan fingerprint density at radius 1 is 0.941 bits per heavy atom.